The molecule has 0 saturated carbocycles. The summed E-state index contributed by atoms with van der Waals surface area (Å²) in [7, 11) is 2.46. The summed E-state index contributed by atoms with van der Waals surface area (Å²) >= 11 is 0. The van der Waals surface area contributed by atoms with E-state index in [-0.39, 0.29) is 28.7 Å². The third kappa shape index (κ3) is 5.57. The maximum atomic E-state index is 12.6. The first kappa shape index (κ1) is 21.9. The number of methoxy groups -OCH3 is 2. The van der Waals surface area contributed by atoms with Gasteiger partial charge in [-0.15, -0.1) is 0 Å². The molecule has 0 radical (unpaired) electrons. The Morgan fingerprint density at radius 1 is 0.862 bits per heavy atom. The van der Waals surface area contributed by atoms with Crippen LogP contribution in [-0.4, -0.2) is 38.2 Å². The standard InChI is InChI=1S/C22H25NO6/c1-13(2)18-8-6-7-9-19(18)23-20(24)14(3)29-17-11-15(21(25)27-4)10-16(12-17)22(26)28-5/h6-14H,1-5H3,(H,23,24). The first-order chi connectivity index (χ1) is 13.8. The number of benzene rings is 2. The van der Waals surface area contributed by atoms with Gasteiger partial charge in [-0.05, 0) is 42.7 Å². The van der Waals surface area contributed by atoms with Gasteiger partial charge in [0.15, 0.2) is 6.10 Å². The smallest absolute Gasteiger partial charge is 0.338 e. The maximum absolute atomic E-state index is 12.6. The molecule has 7 heteroatoms. The molecule has 0 fully saturated rings. The van der Waals surface area contributed by atoms with E-state index in [0.717, 1.165) is 5.56 Å². The lowest BCUT2D eigenvalue weighted by atomic mass is 10.0. The van der Waals surface area contributed by atoms with Crippen LogP contribution in [0.2, 0.25) is 0 Å². The van der Waals surface area contributed by atoms with Crippen LogP contribution in [0.5, 0.6) is 5.75 Å². The lowest BCUT2D eigenvalue weighted by Crippen LogP contribution is -2.30. The van der Waals surface area contributed by atoms with Crippen molar-refractivity contribution >= 4 is 23.5 Å². The summed E-state index contributed by atoms with van der Waals surface area (Å²) in [6, 6.07) is 11.7. The Bertz CT molecular complexity index is 872. The summed E-state index contributed by atoms with van der Waals surface area (Å²) in [5, 5.41) is 2.86. The Hall–Kier alpha value is -3.35. The van der Waals surface area contributed by atoms with Crippen LogP contribution in [-0.2, 0) is 14.3 Å². The van der Waals surface area contributed by atoms with Crippen molar-refractivity contribution in [1.29, 1.82) is 0 Å². The molecule has 0 bridgehead atoms. The van der Waals surface area contributed by atoms with E-state index < -0.39 is 18.0 Å². The first-order valence-corrected chi connectivity index (χ1v) is 9.15. The van der Waals surface area contributed by atoms with Crippen LogP contribution < -0.4 is 10.1 Å². The highest BCUT2D eigenvalue weighted by Crippen LogP contribution is 2.25. The van der Waals surface area contributed by atoms with Gasteiger partial charge in [0, 0.05) is 5.69 Å². The molecule has 7 nitrogen and oxygen atoms in total. The molecular formula is C22H25NO6. The number of nitrogens with one attached hydrogen (secondary N) is 1. The third-order valence-electron chi connectivity index (χ3n) is 4.27. The fraction of sp³-hybridized carbons (Fsp3) is 0.318. The molecular weight excluding hydrogens is 374 g/mol. The molecule has 1 amide bonds. The average Bonchev–Trinajstić information content (AvgIpc) is 2.72. The molecule has 2 rings (SSSR count). The lowest BCUT2D eigenvalue weighted by molar-refractivity contribution is -0.122. The van der Waals surface area contributed by atoms with E-state index in [1.54, 1.807) is 6.92 Å². The van der Waals surface area contributed by atoms with Gasteiger partial charge in [0.25, 0.3) is 5.91 Å². The van der Waals surface area contributed by atoms with Crippen LogP contribution in [0, 0.1) is 0 Å². The van der Waals surface area contributed by atoms with Gasteiger partial charge in [-0.1, -0.05) is 32.0 Å². The minimum Gasteiger partial charge on any atom is -0.481 e. The minimum atomic E-state index is -0.881. The third-order valence-corrected chi connectivity index (χ3v) is 4.27. The summed E-state index contributed by atoms with van der Waals surface area (Å²) in [5.41, 5.74) is 1.95. The summed E-state index contributed by atoms with van der Waals surface area (Å²) in [5.74, 6) is -1.22. The van der Waals surface area contributed by atoms with E-state index in [9.17, 15) is 14.4 Å². The second-order valence-electron chi connectivity index (χ2n) is 6.72. The molecule has 0 aliphatic heterocycles. The second kappa shape index (κ2) is 9.73. The summed E-state index contributed by atoms with van der Waals surface area (Å²) in [6.07, 6.45) is -0.881. The van der Waals surface area contributed by atoms with E-state index in [1.165, 1.54) is 32.4 Å². The first-order valence-electron chi connectivity index (χ1n) is 9.15. The maximum Gasteiger partial charge on any atom is 0.338 e. The Labute approximate surface area is 170 Å². The second-order valence-corrected chi connectivity index (χ2v) is 6.72. The summed E-state index contributed by atoms with van der Waals surface area (Å²) < 4.78 is 15.1. The van der Waals surface area contributed by atoms with Gasteiger partial charge in [0.05, 0.1) is 25.3 Å². The molecule has 1 unspecified atom stereocenters. The molecule has 29 heavy (non-hydrogen) atoms. The van der Waals surface area contributed by atoms with Crippen molar-refractivity contribution in [2.24, 2.45) is 0 Å². The van der Waals surface area contributed by atoms with Gasteiger partial charge >= 0.3 is 11.9 Å². The zero-order valence-corrected chi connectivity index (χ0v) is 17.1. The Kier molecular flexibility index (Phi) is 7.36. The Balaban J connectivity index is 2.23. The molecule has 0 heterocycles. The Morgan fingerprint density at radius 3 is 1.93 bits per heavy atom. The molecule has 2 aromatic rings. The number of carbonyl (C=O) groups excluding carboxylic acids is 3. The van der Waals surface area contributed by atoms with Gasteiger partial charge in [-0.2, -0.15) is 0 Å². The molecule has 1 N–H and O–H groups in total. The van der Waals surface area contributed by atoms with Crippen LogP contribution in [0.3, 0.4) is 0 Å². The highest BCUT2D eigenvalue weighted by molar-refractivity contribution is 5.97. The number of para-hydroxylation sites is 1. The van der Waals surface area contributed by atoms with Crippen molar-refractivity contribution in [1.82, 2.24) is 0 Å². The fourth-order valence-corrected chi connectivity index (χ4v) is 2.74. The van der Waals surface area contributed by atoms with Crippen LogP contribution >= 0.6 is 0 Å². The molecule has 0 spiro atoms. The van der Waals surface area contributed by atoms with Gasteiger partial charge in [0.1, 0.15) is 5.75 Å². The molecule has 0 aromatic heterocycles. The van der Waals surface area contributed by atoms with Crippen molar-refractivity contribution < 1.29 is 28.6 Å². The zero-order chi connectivity index (χ0) is 21.6. The average molecular weight is 399 g/mol. The van der Waals surface area contributed by atoms with Crippen LogP contribution in [0.25, 0.3) is 0 Å². The number of rotatable bonds is 7. The van der Waals surface area contributed by atoms with Gasteiger partial charge in [0.2, 0.25) is 0 Å². The van der Waals surface area contributed by atoms with E-state index in [4.69, 9.17) is 14.2 Å². The van der Waals surface area contributed by atoms with E-state index in [2.05, 4.69) is 5.32 Å². The molecule has 0 aliphatic rings. The number of hydrogen-bond acceptors (Lipinski definition) is 6. The van der Waals surface area contributed by atoms with Crippen molar-refractivity contribution in [3.8, 4) is 5.75 Å². The van der Waals surface area contributed by atoms with Crippen LogP contribution in [0.15, 0.2) is 42.5 Å². The molecule has 1 atom stereocenters. The fourth-order valence-electron chi connectivity index (χ4n) is 2.74. The van der Waals surface area contributed by atoms with E-state index >= 15 is 0 Å². The number of esters is 2. The predicted octanol–water partition coefficient (Wildman–Crippen LogP) is 3.79. The number of carbonyl (C=O) groups is 3. The van der Waals surface area contributed by atoms with Crippen LogP contribution in [0.1, 0.15) is 53.0 Å². The van der Waals surface area contributed by atoms with Gasteiger partial charge in [-0.25, -0.2) is 9.59 Å². The minimum absolute atomic E-state index is 0.114. The van der Waals surface area contributed by atoms with Crippen molar-refractivity contribution in [2.45, 2.75) is 32.8 Å². The molecule has 0 saturated heterocycles. The normalized spacial score (nSPS) is 11.5. The van der Waals surface area contributed by atoms with Crippen molar-refractivity contribution in [3.63, 3.8) is 0 Å². The highest BCUT2D eigenvalue weighted by atomic mass is 16.5. The molecule has 154 valence electrons. The summed E-state index contributed by atoms with van der Waals surface area (Å²) in [4.78, 5) is 36.4. The highest BCUT2D eigenvalue weighted by Gasteiger charge is 2.20. The topological polar surface area (TPSA) is 90.9 Å². The van der Waals surface area contributed by atoms with Gasteiger partial charge in [-0.3, -0.25) is 4.79 Å². The SMILES string of the molecule is COC(=O)c1cc(OC(C)C(=O)Nc2ccccc2C(C)C)cc(C(=O)OC)c1. The van der Waals surface area contributed by atoms with Crippen molar-refractivity contribution in [3.05, 3.63) is 59.2 Å². The number of anilines is 1. The number of ether oxygens (including phenoxy) is 3. The Morgan fingerprint density at radius 2 is 1.41 bits per heavy atom. The quantitative estimate of drug-likeness (QED) is 0.713. The lowest BCUT2D eigenvalue weighted by Gasteiger charge is -2.18. The summed E-state index contributed by atoms with van der Waals surface area (Å²) in [6.45, 7) is 5.66. The van der Waals surface area contributed by atoms with Crippen LogP contribution in [0.4, 0.5) is 5.69 Å². The molecule has 0 aliphatic carbocycles. The largest absolute Gasteiger partial charge is 0.481 e. The zero-order valence-electron chi connectivity index (χ0n) is 17.1. The molecule has 2 aromatic carbocycles. The number of hydrogen-bond donors (Lipinski definition) is 1. The monoisotopic (exact) mass is 399 g/mol. The van der Waals surface area contributed by atoms with Gasteiger partial charge < -0.3 is 19.5 Å². The predicted molar refractivity (Wildman–Crippen MR) is 108 cm³/mol. The van der Waals surface area contributed by atoms with E-state index in [0.29, 0.717) is 5.69 Å². The number of amides is 1. The van der Waals surface area contributed by atoms with E-state index in [1.807, 2.05) is 38.1 Å². The van der Waals surface area contributed by atoms with Crippen molar-refractivity contribution in [2.75, 3.05) is 19.5 Å².